The maximum atomic E-state index is 5.73. The van der Waals surface area contributed by atoms with Crippen LogP contribution in [0.4, 0.5) is 0 Å². The Hall–Kier alpha value is 0.210. The smallest absolute Gasteiger partial charge is 0.0704 e. The molecule has 1 aliphatic rings. The van der Waals surface area contributed by atoms with Crippen molar-refractivity contribution >= 4 is 11.6 Å². The normalized spacial score (nSPS) is 29.4. The van der Waals surface area contributed by atoms with Gasteiger partial charge in [0.05, 0.1) is 12.2 Å². The van der Waals surface area contributed by atoms with Crippen molar-refractivity contribution < 1.29 is 4.74 Å². The van der Waals surface area contributed by atoms with E-state index in [-0.39, 0.29) is 0 Å². The highest BCUT2D eigenvalue weighted by Crippen LogP contribution is 2.18. The van der Waals surface area contributed by atoms with Gasteiger partial charge in [-0.25, -0.2) is 0 Å². The maximum absolute atomic E-state index is 5.73. The van der Waals surface area contributed by atoms with Gasteiger partial charge in [0.25, 0.3) is 0 Å². The molecule has 0 spiro atoms. The zero-order chi connectivity index (χ0) is 10.4. The molecule has 0 radical (unpaired) electrons. The largest absolute Gasteiger partial charge is 0.374 e. The van der Waals surface area contributed by atoms with E-state index in [0.717, 1.165) is 25.3 Å². The molecule has 0 bridgehead atoms. The van der Waals surface area contributed by atoms with Crippen LogP contribution in [-0.4, -0.2) is 30.7 Å². The Morgan fingerprint density at radius 1 is 1.50 bits per heavy atom. The number of hydrogen-bond acceptors (Lipinski definition) is 2. The molecule has 3 heteroatoms. The summed E-state index contributed by atoms with van der Waals surface area (Å²) in [5, 5.41) is 3.50. The van der Waals surface area contributed by atoms with Crippen molar-refractivity contribution in [1.29, 1.82) is 0 Å². The standard InChI is InChI=1S/C11H22ClNO/c1-9(4-3-7-12)13-8-11-6-5-10(2)14-11/h9-11,13H,3-8H2,1-2H3. The van der Waals surface area contributed by atoms with Crippen LogP contribution < -0.4 is 5.32 Å². The van der Waals surface area contributed by atoms with E-state index in [0.29, 0.717) is 18.2 Å². The lowest BCUT2D eigenvalue weighted by molar-refractivity contribution is 0.0545. The summed E-state index contributed by atoms with van der Waals surface area (Å²) in [6.07, 6.45) is 5.56. The SMILES string of the molecule is CC(CCCCl)NCC1CCC(C)O1. The van der Waals surface area contributed by atoms with Gasteiger partial charge in [0.15, 0.2) is 0 Å². The maximum Gasteiger partial charge on any atom is 0.0704 e. The Morgan fingerprint density at radius 2 is 2.29 bits per heavy atom. The summed E-state index contributed by atoms with van der Waals surface area (Å²) in [6.45, 7) is 5.36. The number of halogens is 1. The van der Waals surface area contributed by atoms with Crippen molar-refractivity contribution in [3.63, 3.8) is 0 Å². The van der Waals surface area contributed by atoms with Crippen LogP contribution in [0, 0.1) is 0 Å². The minimum Gasteiger partial charge on any atom is -0.374 e. The fourth-order valence-corrected chi connectivity index (χ4v) is 2.01. The van der Waals surface area contributed by atoms with Crippen LogP contribution in [0.1, 0.15) is 39.5 Å². The Labute approximate surface area is 92.3 Å². The lowest BCUT2D eigenvalue weighted by Gasteiger charge is -2.17. The van der Waals surface area contributed by atoms with E-state index in [1.807, 2.05) is 0 Å². The highest BCUT2D eigenvalue weighted by Gasteiger charge is 2.21. The first kappa shape index (κ1) is 12.3. The van der Waals surface area contributed by atoms with Gasteiger partial charge in [0.2, 0.25) is 0 Å². The molecule has 84 valence electrons. The fraction of sp³-hybridized carbons (Fsp3) is 1.00. The first-order valence-electron chi connectivity index (χ1n) is 5.67. The van der Waals surface area contributed by atoms with Gasteiger partial charge in [0.1, 0.15) is 0 Å². The van der Waals surface area contributed by atoms with E-state index in [2.05, 4.69) is 19.2 Å². The van der Waals surface area contributed by atoms with Gasteiger partial charge in [-0.2, -0.15) is 0 Å². The average Bonchev–Trinajstić information content (AvgIpc) is 2.58. The van der Waals surface area contributed by atoms with Gasteiger partial charge in [-0.15, -0.1) is 11.6 Å². The van der Waals surface area contributed by atoms with Gasteiger partial charge in [-0.1, -0.05) is 0 Å². The fourth-order valence-electron chi connectivity index (χ4n) is 1.85. The molecule has 0 amide bonds. The second kappa shape index (κ2) is 6.65. The predicted octanol–water partition coefficient (Wildman–Crippen LogP) is 2.55. The minimum atomic E-state index is 0.434. The topological polar surface area (TPSA) is 21.3 Å². The number of hydrogen-bond donors (Lipinski definition) is 1. The molecule has 1 rings (SSSR count). The molecule has 1 fully saturated rings. The number of ether oxygens (including phenoxy) is 1. The summed E-state index contributed by atoms with van der Waals surface area (Å²) >= 11 is 5.64. The van der Waals surface area contributed by atoms with E-state index in [1.165, 1.54) is 12.8 Å². The van der Waals surface area contributed by atoms with Crippen molar-refractivity contribution in [3.8, 4) is 0 Å². The molecule has 0 aromatic heterocycles. The van der Waals surface area contributed by atoms with Crippen LogP contribution in [-0.2, 0) is 4.74 Å². The first-order chi connectivity index (χ1) is 6.72. The third-order valence-electron chi connectivity index (χ3n) is 2.78. The average molecular weight is 220 g/mol. The summed E-state index contributed by atoms with van der Waals surface area (Å²) in [6, 6.07) is 0.563. The second-order valence-corrected chi connectivity index (χ2v) is 4.66. The van der Waals surface area contributed by atoms with Crippen LogP contribution in [0.15, 0.2) is 0 Å². The predicted molar refractivity (Wildman–Crippen MR) is 61.0 cm³/mol. The van der Waals surface area contributed by atoms with E-state index in [4.69, 9.17) is 16.3 Å². The van der Waals surface area contributed by atoms with E-state index >= 15 is 0 Å². The van der Waals surface area contributed by atoms with E-state index in [9.17, 15) is 0 Å². The molecule has 1 heterocycles. The summed E-state index contributed by atoms with van der Waals surface area (Å²) in [5.41, 5.74) is 0. The third-order valence-corrected chi connectivity index (χ3v) is 3.05. The quantitative estimate of drug-likeness (QED) is 0.694. The third kappa shape index (κ3) is 4.63. The van der Waals surface area contributed by atoms with Gasteiger partial charge in [-0.3, -0.25) is 0 Å². The molecule has 0 aliphatic carbocycles. The summed E-state index contributed by atoms with van der Waals surface area (Å²) in [7, 11) is 0. The number of nitrogens with one attached hydrogen (secondary N) is 1. The van der Waals surface area contributed by atoms with Gasteiger partial charge in [0, 0.05) is 18.5 Å². The highest BCUT2D eigenvalue weighted by atomic mass is 35.5. The number of alkyl halides is 1. The van der Waals surface area contributed by atoms with Gasteiger partial charge < -0.3 is 10.1 Å². The molecular formula is C11H22ClNO. The van der Waals surface area contributed by atoms with Crippen LogP contribution in [0.25, 0.3) is 0 Å². The Balaban J connectivity index is 2.02. The molecule has 1 aliphatic heterocycles. The van der Waals surface area contributed by atoms with Crippen molar-refractivity contribution in [2.45, 2.75) is 57.8 Å². The molecular weight excluding hydrogens is 198 g/mol. The van der Waals surface area contributed by atoms with Gasteiger partial charge >= 0.3 is 0 Å². The van der Waals surface area contributed by atoms with Crippen molar-refractivity contribution in [1.82, 2.24) is 5.32 Å². The van der Waals surface area contributed by atoms with E-state index < -0.39 is 0 Å². The van der Waals surface area contributed by atoms with Crippen LogP contribution in [0.5, 0.6) is 0 Å². The molecule has 1 saturated heterocycles. The molecule has 3 atom stereocenters. The molecule has 3 unspecified atom stereocenters. The molecule has 2 nitrogen and oxygen atoms in total. The lowest BCUT2D eigenvalue weighted by atomic mass is 10.1. The van der Waals surface area contributed by atoms with E-state index in [1.54, 1.807) is 0 Å². The molecule has 14 heavy (non-hydrogen) atoms. The first-order valence-corrected chi connectivity index (χ1v) is 6.20. The molecule has 0 aromatic carbocycles. The van der Waals surface area contributed by atoms with Crippen LogP contribution >= 0.6 is 11.6 Å². The number of rotatable bonds is 6. The molecule has 0 saturated carbocycles. The Kier molecular flexibility index (Phi) is 5.83. The van der Waals surface area contributed by atoms with Crippen molar-refractivity contribution in [2.24, 2.45) is 0 Å². The van der Waals surface area contributed by atoms with Crippen LogP contribution in [0.2, 0.25) is 0 Å². The Bertz CT molecular complexity index is 154. The van der Waals surface area contributed by atoms with Crippen molar-refractivity contribution in [3.05, 3.63) is 0 Å². The second-order valence-electron chi connectivity index (χ2n) is 4.29. The zero-order valence-corrected chi connectivity index (χ0v) is 10.0. The Morgan fingerprint density at radius 3 is 2.86 bits per heavy atom. The zero-order valence-electron chi connectivity index (χ0n) is 9.26. The minimum absolute atomic E-state index is 0.434. The lowest BCUT2D eigenvalue weighted by Crippen LogP contribution is -2.33. The summed E-state index contributed by atoms with van der Waals surface area (Å²) in [4.78, 5) is 0. The molecule has 0 aromatic rings. The summed E-state index contributed by atoms with van der Waals surface area (Å²) in [5.74, 6) is 0.767. The summed E-state index contributed by atoms with van der Waals surface area (Å²) < 4.78 is 5.73. The van der Waals surface area contributed by atoms with Crippen LogP contribution in [0.3, 0.4) is 0 Å². The van der Waals surface area contributed by atoms with Gasteiger partial charge in [-0.05, 0) is 39.5 Å². The monoisotopic (exact) mass is 219 g/mol. The molecule has 1 N–H and O–H groups in total. The van der Waals surface area contributed by atoms with Crippen molar-refractivity contribution in [2.75, 3.05) is 12.4 Å². The highest BCUT2D eigenvalue weighted by molar-refractivity contribution is 6.17.